The standard InChI is InChI=1S/C17H20ClN5O/c1-9(8-23-12(4)15(18)11(3)21-23)17-20-16(22-24-17)13-6-5-7-14(19)10(13)2/h5-7,9H,8,19H2,1-4H3. The molecule has 0 amide bonds. The van der Waals surface area contributed by atoms with E-state index in [1.54, 1.807) is 0 Å². The van der Waals surface area contributed by atoms with Gasteiger partial charge in [-0.05, 0) is 32.4 Å². The summed E-state index contributed by atoms with van der Waals surface area (Å²) in [5, 5.41) is 9.24. The zero-order valence-corrected chi connectivity index (χ0v) is 14.9. The number of anilines is 1. The maximum atomic E-state index is 6.20. The lowest BCUT2D eigenvalue weighted by Crippen LogP contribution is -2.09. The minimum Gasteiger partial charge on any atom is -0.398 e. The predicted molar refractivity (Wildman–Crippen MR) is 94.0 cm³/mol. The van der Waals surface area contributed by atoms with E-state index in [2.05, 4.69) is 15.2 Å². The first-order valence-electron chi connectivity index (χ1n) is 7.77. The summed E-state index contributed by atoms with van der Waals surface area (Å²) in [6, 6.07) is 5.68. The van der Waals surface area contributed by atoms with Gasteiger partial charge in [0.25, 0.3) is 0 Å². The Morgan fingerprint density at radius 2 is 2.04 bits per heavy atom. The molecule has 0 spiro atoms. The van der Waals surface area contributed by atoms with E-state index >= 15 is 0 Å². The van der Waals surface area contributed by atoms with Crippen LogP contribution in [0.5, 0.6) is 0 Å². The van der Waals surface area contributed by atoms with Crippen LogP contribution >= 0.6 is 11.6 Å². The Morgan fingerprint density at radius 1 is 1.29 bits per heavy atom. The van der Waals surface area contributed by atoms with E-state index < -0.39 is 0 Å². The normalized spacial score (nSPS) is 12.5. The number of aryl methyl sites for hydroxylation is 1. The van der Waals surface area contributed by atoms with E-state index in [0.717, 1.165) is 22.5 Å². The first-order chi connectivity index (χ1) is 11.4. The number of rotatable bonds is 4. The third-order valence-corrected chi connectivity index (χ3v) is 4.77. The maximum Gasteiger partial charge on any atom is 0.231 e. The average molecular weight is 346 g/mol. The van der Waals surface area contributed by atoms with Gasteiger partial charge in [-0.1, -0.05) is 35.8 Å². The molecule has 3 rings (SSSR count). The van der Waals surface area contributed by atoms with Gasteiger partial charge in [0.1, 0.15) is 0 Å². The van der Waals surface area contributed by atoms with E-state index in [0.29, 0.717) is 29.0 Å². The van der Waals surface area contributed by atoms with Gasteiger partial charge in [-0.25, -0.2) is 0 Å². The van der Waals surface area contributed by atoms with Crippen LogP contribution in [-0.4, -0.2) is 19.9 Å². The Labute approximate surface area is 145 Å². The second kappa shape index (κ2) is 6.28. The third-order valence-electron chi connectivity index (χ3n) is 4.22. The van der Waals surface area contributed by atoms with Crippen LogP contribution in [0.1, 0.15) is 35.7 Å². The first-order valence-corrected chi connectivity index (χ1v) is 8.14. The molecule has 0 saturated heterocycles. The fraction of sp³-hybridized carbons (Fsp3) is 0.353. The van der Waals surface area contributed by atoms with Crippen molar-refractivity contribution in [1.29, 1.82) is 0 Å². The summed E-state index contributed by atoms with van der Waals surface area (Å²) >= 11 is 6.20. The molecular formula is C17H20ClN5O. The summed E-state index contributed by atoms with van der Waals surface area (Å²) in [6.45, 7) is 8.43. The lowest BCUT2D eigenvalue weighted by molar-refractivity contribution is 0.341. The quantitative estimate of drug-likeness (QED) is 0.725. The molecule has 0 fully saturated rings. The zero-order valence-electron chi connectivity index (χ0n) is 14.2. The molecule has 1 atom stereocenters. The van der Waals surface area contributed by atoms with Crippen molar-refractivity contribution < 1.29 is 4.52 Å². The van der Waals surface area contributed by atoms with Crippen LogP contribution in [0.25, 0.3) is 11.4 Å². The van der Waals surface area contributed by atoms with Gasteiger partial charge in [-0.2, -0.15) is 10.1 Å². The smallest absolute Gasteiger partial charge is 0.231 e. The van der Waals surface area contributed by atoms with Crippen molar-refractivity contribution in [2.24, 2.45) is 0 Å². The number of hydrogen-bond donors (Lipinski definition) is 1. The highest BCUT2D eigenvalue weighted by Gasteiger charge is 2.19. The predicted octanol–water partition coefficient (Wildman–Crippen LogP) is 3.90. The van der Waals surface area contributed by atoms with Crippen molar-refractivity contribution in [1.82, 2.24) is 19.9 Å². The maximum absolute atomic E-state index is 6.20. The van der Waals surface area contributed by atoms with Gasteiger partial charge >= 0.3 is 0 Å². The van der Waals surface area contributed by atoms with Crippen LogP contribution in [-0.2, 0) is 6.54 Å². The molecule has 6 nitrogen and oxygen atoms in total. The molecule has 126 valence electrons. The van der Waals surface area contributed by atoms with E-state index in [4.69, 9.17) is 21.9 Å². The number of nitrogens with two attached hydrogens (primary N) is 1. The second-order valence-electron chi connectivity index (χ2n) is 6.04. The molecule has 0 bridgehead atoms. The highest BCUT2D eigenvalue weighted by Crippen LogP contribution is 2.27. The van der Waals surface area contributed by atoms with Crippen molar-refractivity contribution in [3.63, 3.8) is 0 Å². The molecule has 0 aliphatic rings. The van der Waals surface area contributed by atoms with Gasteiger partial charge in [0.2, 0.25) is 11.7 Å². The summed E-state index contributed by atoms with van der Waals surface area (Å²) in [7, 11) is 0. The topological polar surface area (TPSA) is 82.8 Å². The highest BCUT2D eigenvalue weighted by molar-refractivity contribution is 6.31. The minimum absolute atomic E-state index is 0.0154. The van der Waals surface area contributed by atoms with Gasteiger partial charge in [0.15, 0.2) is 0 Å². The van der Waals surface area contributed by atoms with Crippen molar-refractivity contribution in [2.75, 3.05) is 5.73 Å². The zero-order chi connectivity index (χ0) is 17.4. The fourth-order valence-corrected chi connectivity index (χ4v) is 2.77. The van der Waals surface area contributed by atoms with E-state index in [1.165, 1.54) is 0 Å². The number of hydrogen-bond acceptors (Lipinski definition) is 5. The van der Waals surface area contributed by atoms with Gasteiger partial charge in [-0.3, -0.25) is 4.68 Å². The van der Waals surface area contributed by atoms with Crippen LogP contribution < -0.4 is 5.73 Å². The first kappa shape index (κ1) is 16.5. The summed E-state index contributed by atoms with van der Waals surface area (Å²) < 4.78 is 7.32. The summed E-state index contributed by atoms with van der Waals surface area (Å²) in [5.41, 5.74) is 10.2. The van der Waals surface area contributed by atoms with Crippen LogP contribution in [0.3, 0.4) is 0 Å². The molecule has 0 aliphatic carbocycles. The molecular weight excluding hydrogens is 326 g/mol. The summed E-state index contributed by atoms with van der Waals surface area (Å²) in [5.74, 6) is 1.13. The highest BCUT2D eigenvalue weighted by atomic mass is 35.5. The second-order valence-corrected chi connectivity index (χ2v) is 6.42. The Balaban J connectivity index is 1.85. The molecule has 0 radical (unpaired) electrons. The van der Waals surface area contributed by atoms with E-state index in [-0.39, 0.29) is 5.92 Å². The van der Waals surface area contributed by atoms with Gasteiger partial charge in [0.05, 0.1) is 28.9 Å². The van der Waals surface area contributed by atoms with Crippen molar-refractivity contribution in [2.45, 2.75) is 40.2 Å². The lowest BCUT2D eigenvalue weighted by Gasteiger charge is -2.08. The molecule has 1 unspecified atom stereocenters. The van der Waals surface area contributed by atoms with Crippen LogP contribution in [0, 0.1) is 20.8 Å². The van der Waals surface area contributed by atoms with Crippen LogP contribution in [0.2, 0.25) is 5.02 Å². The Hall–Kier alpha value is -2.34. The van der Waals surface area contributed by atoms with E-state index in [9.17, 15) is 0 Å². The number of benzene rings is 1. The Kier molecular flexibility index (Phi) is 4.32. The summed E-state index contributed by atoms with van der Waals surface area (Å²) in [6.07, 6.45) is 0. The van der Waals surface area contributed by atoms with Crippen molar-refractivity contribution >= 4 is 17.3 Å². The van der Waals surface area contributed by atoms with Gasteiger partial charge < -0.3 is 10.3 Å². The molecule has 2 aromatic heterocycles. The molecule has 1 aromatic carbocycles. The fourth-order valence-electron chi connectivity index (χ4n) is 2.63. The van der Waals surface area contributed by atoms with Crippen molar-refractivity contribution in [3.8, 4) is 11.4 Å². The van der Waals surface area contributed by atoms with E-state index in [1.807, 2.05) is 50.6 Å². The van der Waals surface area contributed by atoms with Gasteiger partial charge in [-0.15, -0.1) is 0 Å². The number of aromatic nitrogens is 4. The van der Waals surface area contributed by atoms with Crippen LogP contribution in [0.4, 0.5) is 5.69 Å². The summed E-state index contributed by atoms with van der Waals surface area (Å²) in [4.78, 5) is 4.53. The van der Waals surface area contributed by atoms with Crippen LogP contribution in [0.15, 0.2) is 22.7 Å². The molecule has 2 heterocycles. The Bertz CT molecular complexity index is 883. The van der Waals surface area contributed by atoms with Gasteiger partial charge in [0, 0.05) is 11.3 Å². The lowest BCUT2D eigenvalue weighted by atomic mass is 10.1. The average Bonchev–Trinajstić information content (AvgIpc) is 3.12. The number of halogens is 1. The SMILES string of the molecule is Cc1nn(CC(C)c2nc(-c3cccc(N)c3C)no2)c(C)c1Cl. The molecule has 24 heavy (non-hydrogen) atoms. The molecule has 7 heteroatoms. The van der Waals surface area contributed by atoms with Crippen molar-refractivity contribution in [3.05, 3.63) is 46.1 Å². The number of nitrogens with zero attached hydrogens (tertiary/aromatic N) is 4. The monoisotopic (exact) mass is 345 g/mol. The largest absolute Gasteiger partial charge is 0.398 e. The molecule has 3 aromatic rings. The minimum atomic E-state index is 0.0154. The molecule has 2 N–H and O–H groups in total. The molecule has 0 saturated carbocycles. The third kappa shape index (κ3) is 2.89. The number of nitrogen functional groups attached to an aromatic ring is 1. The Morgan fingerprint density at radius 3 is 2.71 bits per heavy atom. The molecule has 0 aliphatic heterocycles.